The predicted molar refractivity (Wildman–Crippen MR) is 110 cm³/mol. The molecule has 0 fully saturated rings. The number of nitrogens with zero attached hydrogens (tertiary/aromatic N) is 2. The number of carbonyl (C=O) groups excluding carboxylic acids is 1. The number of sulfonamides is 1. The monoisotopic (exact) mass is 419 g/mol. The average Bonchev–Trinajstić information content (AvgIpc) is 3.09. The van der Waals surface area contributed by atoms with E-state index in [1.807, 2.05) is 24.3 Å². The third-order valence-corrected chi connectivity index (χ3v) is 6.73. The number of oxazole rings is 1. The summed E-state index contributed by atoms with van der Waals surface area (Å²) in [6.07, 6.45) is 0.944. The Labute approximate surface area is 168 Å². The van der Waals surface area contributed by atoms with Crippen molar-refractivity contribution in [1.29, 1.82) is 0 Å². The second-order valence-corrected chi connectivity index (χ2v) is 9.36. The van der Waals surface area contributed by atoms with Gasteiger partial charge in [-0.25, -0.2) is 17.7 Å². The molecule has 0 aliphatic heterocycles. The molecule has 0 bridgehead atoms. The number of rotatable bonds is 7. The second-order valence-electron chi connectivity index (χ2n) is 6.28. The summed E-state index contributed by atoms with van der Waals surface area (Å²) in [4.78, 5) is 16.6. The maximum absolute atomic E-state index is 12.2. The fourth-order valence-corrected chi connectivity index (χ4v) is 4.03. The quantitative estimate of drug-likeness (QED) is 0.590. The third kappa shape index (κ3) is 4.54. The van der Waals surface area contributed by atoms with Crippen molar-refractivity contribution in [3.8, 4) is 0 Å². The number of hydrogen-bond donors (Lipinski definition) is 1. The molecule has 0 radical (unpaired) electrons. The Morgan fingerprint density at radius 3 is 2.54 bits per heavy atom. The number of nitrogens with one attached hydrogen (secondary N) is 1. The summed E-state index contributed by atoms with van der Waals surface area (Å²) in [6.45, 7) is 2.07. The van der Waals surface area contributed by atoms with Crippen LogP contribution in [0.2, 0.25) is 0 Å². The van der Waals surface area contributed by atoms with Crippen molar-refractivity contribution >= 4 is 44.5 Å². The van der Waals surface area contributed by atoms with E-state index >= 15 is 0 Å². The highest BCUT2D eigenvalue weighted by atomic mass is 32.2. The number of hydrogen-bond acceptors (Lipinski definition) is 6. The first-order valence-corrected chi connectivity index (χ1v) is 11.1. The maximum atomic E-state index is 12.2. The van der Waals surface area contributed by atoms with Crippen LogP contribution in [0.15, 0.2) is 57.0 Å². The fourth-order valence-electron chi connectivity index (χ4n) is 2.47. The normalized spacial score (nSPS) is 11.9. The van der Waals surface area contributed by atoms with E-state index < -0.39 is 10.0 Å². The summed E-state index contributed by atoms with van der Waals surface area (Å²) in [5.74, 6) is -0.0436. The van der Waals surface area contributed by atoms with Crippen LogP contribution in [0.4, 0.5) is 5.69 Å². The number of fused-ring (bicyclic) bond motifs is 1. The highest BCUT2D eigenvalue weighted by Crippen LogP contribution is 2.26. The van der Waals surface area contributed by atoms with Crippen molar-refractivity contribution in [3.05, 3.63) is 48.0 Å². The van der Waals surface area contributed by atoms with Gasteiger partial charge in [-0.05, 0) is 42.3 Å². The molecule has 0 saturated carbocycles. The first kappa shape index (κ1) is 20.4. The highest BCUT2D eigenvalue weighted by molar-refractivity contribution is 7.99. The molecule has 0 aliphatic carbocycles. The lowest BCUT2D eigenvalue weighted by Crippen LogP contribution is -2.22. The zero-order valence-corrected chi connectivity index (χ0v) is 17.4. The van der Waals surface area contributed by atoms with E-state index in [1.54, 1.807) is 6.07 Å². The van der Waals surface area contributed by atoms with Crippen molar-refractivity contribution in [2.75, 3.05) is 25.2 Å². The fraction of sp³-hybridized carbons (Fsp3) is 0.263. The number of aryl methyl sites for hydroxylation is 1. The zero-order valence-electron chi connectivity index (χ0n) is 15.8. The van der Waals surface area contributed by atoms with Gasteiger partial charge in [-0.2, -0.15) is 0 Å². The molecule has 1 heterocycles. The number of benzene rings is 2. The van der Waals surface area contributed by atoms with Crippen LogP contribution in [-0.4, -0.2) is 43.5 Å². The van der Waals surface area contributed by atoms with Gasteiger partial charge in [0.1, 0.15) is 5.52 Å². The van der Waals surface area contributed by atoms with Gasteiger partial charge in [0.05, 0.1) is 10.6 Å². The van der Waals surface area contributed by atoms with Crippen molar-refractivity contribution in [2.24, 2.45) is 0 Å². The van der Waals surface area contributed by atoms with E-state index in [0.29, 0.717) is 16.3 Å². The van der Waals surface area contributed by atoms with Crippen LogP contribution in [0.25, 0.3) is 11.1 Å². The Hall–Kier alpha value is -2.36. The summed E-state index contributed by atoms with van der Waals surface area (Å²) in [7, 11) is -0.603. The van der Waals surface area contributed by atoms with E-state index in [9.17, 15) is 13.2 Å². The molecule has 1 aromatic heterocycles. The minimum Gasteiger partial charge on any atom is -0.431 e. The minimum absolute atomic E-state index is 0.130. The number of carbonyl (C=O) groups is 1. The summed E-state index contributed by atoms with van der Waals surface area (Å²) in [5, 5.41) is 3.14. The Morgan fingerprint density at radius 1 is 1.18 bits per heavy atom. The molecule has 2 aromatic carbocycles. The van der Waals surface area contributed by atoms with Gasteiger partial charge in [0, 0.05) is 19.8 Å². The highest BCUT2D eigenvalue weighted by Gasteiger charge is 2.19. The third-order valence-electron chi connectivity index (χ3n) is 4.09. The Bertz CT molecular complexity index is 1090. The van der Waals surface area contributed by atoms with Crippen molar-refractivity contribution in [2.45, 2.75) is 23.5 Å². The van der Waals surface area contributed by atoms with Crippen LogP contribution in [0, 0.1) is 0 Å². The van der Waals surface area contributed by atoms with Gasteiger partial charge in [0.2, 0.25) is 15.9 Å². The Morgan fingerprint density at radius 2 is 1.89 bits per heavy atom. The van der Waals surface area contributed by atoms with Crippen molar-refractivity contribution < 1.29 is 17.6 Å². The predicted octanol–water partition coefficient (Wildman–Crippen LogP) is 3.37. The lowest BCUT2D eigenvalue weighted by Gasteiger charge is -2.10. The van der Waals surface area contributed by atoms with Gasteiger partial charge in [-0.3, -0.25) is 4.79 Å². The molecular weight excluding hydrogens is 398 g/mol. The molecular formula is C19H21N3O4S2. The molecule has 1 amide bonds. The molecule has 7 nitrogen and oxygen atoms in total. The lowest BCUT2D eigenvalue weighted by molar-refractivity contribution is -0.113. The summed E-state index contributed by atoms with van der Waals surface area (Å²) < 4.78 is 31.2. The van der Waals surface area contributed by atoms with Crippen molar-refractivity contribution in [3.63, 3.8) is 0 Å². The Kier molecular flexibility index (Phi) is 6.07. The molecule has 3 aromatic rings. The van der Waals surface area contributed by atoms with Gasteiger partial charge >= 0.3 is 0 Å². The standard InChI is InChI=1S/C19H21N3O4S2/c1-4-13-5-7-14(8-6-13)20-18(23)12-27-19-21-16-11-15(9-10-17(16)26-19)28(24,25)22(2)3/h5-11H,4,12H2,1-3H3,(H,20,23). The minimum atomic E-state index is -3.54. The van der Waals surface area contributed by atoms with Crippen LogP contribution >= 0.6 is 11.8 Å². The molecule has 0 atom stereocenters. The van der Waals surface area contributed by atoms with Crippen LogP contribution < -0.4 is 5.32 Å². The molecule has 0 unspecified atom stereocenters. The smallest absolute Gasteiger partial charge is 0.257 e. The summed E-state index contributed by atoms with van der Waals surface area (Å²) >= 11 is 1.15. The van der Waals surface area contributed by atoms with E-state index in [2.05, 4.69) is 17.2 Å². The molecule has 0 spiro atoms. The number of amides is 1. The van der Waals surface area contributed by atoms with Crippen LogP contribution in [0.5, 0.6) is 0 Å². The summed E-state index contributed by atoms with van der Waals surface area (Å²) in [5.41, 5.74) is 2.84. The number of thioether (sulfide) groups is 1. The molecule has 9 heteroatoms. The van der Waals surface area contributed by atoms with Gasteiger partial charge in [-0.15, -0.1) is 0 Å². The first-order valence-electron chi connectivity index (χ1n) is 8.64. The molecule has 148 valence electrons. The maximum Gasteiger partial charge on any atom is 0.257 e. The number of aromatic nitrogens is 1. The molecule has 1 N–H and O–H groups in total. The molecule has 28 heavy (non-hydrogen) atoms. The van der Waals surface area contributed by atoms with Gasteiger partial charge in [0.15, 0.2) is 5.58 Å². The van der Waals surface area contributed by atoms with Gasteiger partial charge < -0.3 is 9.73 Å². The lowest BCUT2D eigenvalue weighted by atomic mass is 10.1. The van der Waals surface area contributed by atoms with Crippen molar-refractivity contribution in [1.82, 2.24) is 9.29 Å². The van der Waals surface area contributed by atoms with E-state index in [-0.39, 0.29) is 16.6 Å². The van der Waals surface area contributed by atoms with Gasteiger partial charge in [0.25, 0.3) is 5.22 Å². The topological polar surface area (TPSA) is 92.5 Å². The SMILES string of the molecule is CCc1ccc(NC(=O)CSc2nc3cc(S(=O)(=O)N(C)C)ccc3o2)cc1. The van der Waals surface area contributed by atoms with Gasteiger partial charge in [-0.1, -0.05) is 30.8 Å². The molecule has 0 saturated heterocycles. The molecule has 3 rings (SSSR count). The zero-order chi connectivity index (χ0) is 20.3. The van der Waals surface area contributed by atoms with E-state index in [0.717, 1.165) is 28.2 Å². The first-order chi connectivity index (χ1) is 13.3. The number of anilines is 1. The summed E-state index contributed by atoms with van der Waals surface area (Å²) in [6, 6.07) is 12.2. The average molecular weight is 420 g/mol. The van der Waals surface area contributed by atoms with E-state index in [1.165, 1.54) is 31.8 Å². The van der Waals surface area contributed by atoms with Crippen LogP contribution in [0.1, 0.15) is 12.5 Å². The van der Waals surface area contributed by atoms with Crippen LogP contribution in [-0.2, 0) is 21.2 Å². The van der Waals surface area contributed by atoms with Crippen LogP contribution in [0.3, 0.4) is 0 Å². The molecule has 0 aliphatic rings. The van der Waals surface area contributed by atoms with E-state index in [4.69, 9.17) is 4.42 Å². The second kappa shape index (κ2) is 8.34. The Balaban J connectivity index is 1.66. The largest absolute Gasteiger partial charge is 0.431 e.